The first-order valence-corrected chi connectivity index (χ1v) is 6.68. The third-order valence-corrected chi connectivity index (χ3v) is 3.53. The van der Waals surface area contributed by atoms with Crippen LogP contribution in [0.5, 0.6) is 11.6 Å². The largest absolute Gasteiger partial charge is 0.496 e. The standard InChI is InChI=1S/C16H17N3O2/c1-10-9-12(5-6-14(10)20-3)19-11(2)18-13-7-8-17-16(21-4)15(13)19/h5-9H,1-4H3. The van der Waals surface area contributed by atoms with Crippen LogP contribution in [0.3, 0.4) is 0 Å². The number of benzene rings is 1. The lowest BCUT2D eigenvalue weighted by Crippen LogP contribution is -2.00. The summed E-state index contributed by atoms with van der Waals surface area (Å²) >= 11 is 0. The summed E-state index contributed by atoms with van der Waals surface area (Å²) in [4.78, 5) is 8.86. The molecule has 5 nitrogen and oxygen atoms in total. The van der Waals surface area contributed by atoms with Crippen molar-refractivity contribution in [3.63, 3.8) is 0 Å². The van der Waals surface area contributed by atoms with E-state index in [1.54, 1.807) is 20.4 Å². The minimum Gasteiger partial charge on any atom is -0.496 e. The number of aromatic nitrogens is 3. The highest BCUT2D eigenvalue weighted by Gasteiger charge is 2.15. The van der Waals surface area contributed by atoms with Gasteiger partial charge in [-0.1, -0.05) is 0 Å². The van der Waals surface area contributed by atoms with Gasteiger partial charge in [-0.25, -0.2) is 9.97 Å². The molecule has 108 valence electrons. The fourth-order valence-corrected chi connectivity index (χ4v) is 2.58. The smallest absolute Gasteiger partial charge is 0.240 e. The first kappa shape index (κ1) is 13.4. The highest BCUT2D eigenvalue weighted by molar-refractivity contribution is 5.82. The number of hydrogen-bond acceptors (Lipinski definition) is 4. The van der Waals surface area contributed by atoms with Crippen LogP contribution in [0, 0.1) is 13.8 Å². The summed E-state index contributed by atoms with van der Waals surface area (Å²) in [6.07, 6.45) is 1.71. The van der Waals surface area contributed by atoms with Crippen LogP contribution in [0.25, 0.3) is 16.7 Å². The van der Waals surface area contributed by atoms with Gasteiger partial charge in [0, 0.05) is 11.9 Å². The third-order valence-electron chi connectivity index (χ3n) is 3.53. The van der Waals surface area contributed by atoms with Crippen molar-refractivity contribution in [2.75, 3.05) is 14.2 Å². The SMILES string of the molecule is COc1ccc(-n2c(C)nc3ccnc(OC)c32)cc1C. The minimum absolute atomic E-state index is 0.571. The first-order chi connectivity index (χ1) is 10.2. The second-order valence-electron chi connectivity index (χ2n) is 4.84. The van der Waals surface area contributed by atoms with Crippen LogP contribution in [0.1, 0.15) is 11.4 Å². The van der Waals surface area contributed by atoms with Gasteiger partial charge in [-0.15, -0.1) is 0 Å². The van der Waals surface area contributed by atoms with E-state index in [2.05, 4.69) is 16.0 Å². The molecule has 1 aromatic carbocycles. The fraction of sp³-hybridized carbons (Fsp3) is 0.250. The molecule has 0 amide bonds. The van der Waals surface area contributed by atoms with Crippen LogP contribution in [-0.4, -0.2) is 28.8 Å². The Morgan fingerprint density at radius 1 is 1.05 bits per heavy atom. The zero-order valence-electron chi connectivity index (χ0n) is 12.5. The van der Waals surface area contributed by atoms with Crippen LogP contribution in [-0.2, 0) is 0 Å². The van der Waals surface area contributed by atoms with Crippen molar-refractivity contribution >= 4 is 11.0 Å². The van der Waals surface area contributed by atoms with E-state index >= 15 is 0 Å². The van der Waals surface area contributed by atoms with Gasteiger partial charge in [-0.05, 0) is 43.7 Å². The van der Waals surface area contributed by atoms with Gasteiger partial charge in [0.05, 0.1) is 19.7 Å². The molecule has 0 N–H and O–H groups in total. The molecule has 0 aliphatic heterocycles. The van der Waals surface area contributed by atoms with Gasteiger partial charge in [-0.2, -0.15) is 0 Å². The van der Waals surface area contributed by atoms with Crippen LogP contribution in [0.2, 0.25) is 0 Å². The number of ether oxygens (including phenoxy) is 2. The van der Waals surface area contributed by atoms with Crippen LogP contribution >= 0.6 is 0 Å². The normalized spacial score (nSPS) is 10.9. The Labute approximate surface area is 123 Å². The van der Waals surface area contributed by atoms with Gasteiger partial charge in [0.1, 0.15) is 17.1 Å². The summed E-state index contributed by atoms with van der Waals surface area (Å²) in [5.74, 6) is 2.33. The van der Waals surface area contributed by atoms with Crippen molar-refractivity contribution in [2.24, 2.45) is 0 Å². The van der Waals surface area contributed by atoms with Gasteiger partial charge in [-0.3, -0.25) is 4.57 Å². The molecule has 0 aliphatic carbocycles. The van der Waals surface area contributed by atoms with E-state index in [9.17, 15) is 0 Å². The molecule has 2 aromatic heterocycles. The quantitative estimate of drug-likeness (QED) is 0.741. The Bertz CT molecular complexity index is 809. The zero-order valence-corrected chi connectivity index (χ0v) is 12.5. The Morgan fingerprint density at radius 2 is 1.86 bits per heavy atom. The minimum atomic E-state index is 0.571. The number of aryl methyl sites for hydroxylation is 2. The molecule has 2 heterocycles. The fourth-order valence-electron chi connectivity index (χ4n) is 2.58. The lowest BCUT2D eigenvalue weighted by atomic mass is 10.2. The van der Waals surface area contributed by atoms with E-state index in [0.717, 1.165) is 33.9 Å². The summed E-state index contributed by atoms with van der Waals surface area (Å²) in [7, 11) is 3.29. The van der Waals surface area contributed by atoms with Crippen molar-refractivity contribution in [3.8, 4) is 17.3 Å². The van der Waals surface area contributed by atoms with Gasteiger partial charge in [0.2, 0.25) is 5.88 Å². The summed E-state index contributed by atoms with van der Waals surface area (Å²) in [6.45, 7) is 3.99. The molecule has 0 saturated heterocycles. The average molecular weight is 283 g/mol. The van der Waals surface area contributed by atoms with Crippen molar-refractivity contribution in [3.05, 3.63) is 41.9 Å². The molecule has 0 aliphatic rings. The second kappa shape index (κ2) is 5.09. The van der Waals surface area contributed by atoms with Crippen molar-refractivity contribution < 1.29 is 9.47 Å². The topological polar surface area (TPSA) is 49.2 Å². The Morgan fingerprint density at radius 3 is 2.52 bits per heavy atom. The number of pyridine rings is 1. The lowest BCUT2D eigenvalue weighted by Gasteiger charge is -2.11. The van der Waals surface area contributed by atoms with Gasteiger partial charge in [0.25, 0.3) is 0 Å². The molecule has 0 radical (unpaired) electrons. The van der Waals surface area contributed by atoms with Crippen LogP contribution in [0.15, 0.2) is 30.5 Å². The number of fused-ring (bicyclic) bond motifs is 1. The molecule has 0 fully saturated rings. The number of rotatable bonds is 3. The zero-order chi connectivity index (χ0) is 15.0. The molecule has 0 bridgehead atoms. The molecule has 0 saturated carbocycles. The monoisotopic (exact) mass is 283 g/mol. The maximum atomic E-state index is 5.38. The average Bonchev–Trinajstić information content (AvgIpc) is 2.82. The molecule has 3 aromatic rings. The van der Waals surface area contributed by atoms with Gasteiger partial charge >= 0.3 is 0 Å². The first-order valence-electron chi connectivity index (χ1n) is 6.68. The van der Waals surface area contributed by atoms with E-state index in [1.807, 2.05) is 36.6 Å². The van der Waals surface area contributed by atoms with E-state index < -0.39 is 0 Å². The number of imidazole rings is 1. The Balaban J connectivity index is 2.29. The molecule has 21 heavy (non-hydrogen) atoms. The summed E-state index contributed by atoms with van der Waals surface area (Å²) in [5, 5.41) is 0. The predicted molar refractivity (Wildman–Crippen MR) is 81.4 cm³/mol. The van der Waals surface area contributed by atoms with Crippen LogP contribution < -0.4 is 9.47 Å². The van der Waals surface area contributed by atoms with Crippen molar-refractivity contribution in [1.29, 1.82) is 0 Å². The Kier molecular flexibility index (Phi) is 3.25. The van der Waals surface area contributed by atoms with Gasteiger partial charge < -0.3 is 9.47 Å². The second-order valence-corrected chi connectivity index (χ2v) is 4.84. The van der Waals surface area contributed by atoms with Gasteiger partial charge in [0.15, 0.2) is 0 Å². The maximum absolute atomic E-state index is 5.38. The molecule has 3 rings (SSSR count). The van der Waals surface area contributed by atoms with Crippen molar-refractivity contribution in [1.82, 2.24) is 14.5 Å². The molecule has 5 heteroatoms. The number of methoxy groups -OCH3 is 2. The van der Waals surface area contributed by atoms with E-state index in [4.69, 9.17) is 9.47 Å². The summed E-state index contributed by atoms with van der Waals surface area (Å²) in [5.41, 5.74) is 3.83. The van der Waals surface area contributed by atoms with Crippen LogP contribution in [0.4, 0.5) is 0 Å². The molecule has 0 unspecified atom stereocenters. The maximum Gasteiger partial charge on any atom is 0.240 e. The molecular formula is C16H17N3O2. The van der Waals surface area contributed by atoms with E-state index in [0.29, 0.717) is 5.88 Å². The van der Waals surface area contributed by atoms with E-state index in [1.165, 1.54) is 0 Å². The number of hydrogen-bond donors (Lipinski definition) is 0. The molecule has 0 spiro atoms. The lowest BCUT2D eigenvalue weighted by molar-refractivity contribution is 0.402. The van der Waals surface area contributed by atoms with Crippen molar-refractivity contribution in [2.45, 2.75) is 13.8 Å². The summed E-state index contributed by atoms with van der Waals surface area (Å²) in [6, 6.07) is 7.92. The van der Waals surface area contributed by atoms with E-state index in [-0.39, 0.29) is 0 Å². The summed E-state index contributed by atoms with van der Waals surface area (Å²) < 4.78 is 12.7. The highest BCUT2D eigenvalue weighted by Crippen LogP contribution is 2.29. The number of nitrogens with zero attached hydrogens (tertiary/aromatic N) is 3. The highest BCUT2D eigenvalue weighted by atomic mass is 16.5. The molecular weight excluding hydrogens is 266 g/mol. The predicted octanol–water partition coefficient (Wildman–Crippen LogP) is 3.05. The Hall–Kier alpha value is -2.56. The third kappa shape index (κ3) is 2.11. The molecule has 0 atom stereocenters.